The van der Waals surface area contributed by atoms with Crippen LogP contribution in [0.3, 0.4) is 0 Å². The molecule has 0 saturated carbocycles. The van der Waals surface area contributed by atoms with Gasteiger partial charge in [-0.15, -0.1) is 0 Å². The van der Waals surface area contributed by atoms with E-state index in [0.717, 1.165) is 31.7 Å². The van der Waals surface area contributed by atoms with E-state index in [1.54, 1.807) is 12.1 Å². The molecule has 8 heteroatoms. The van der Waals surface area contributed by atoms with Gasteiger partial charge in [-0.25, -0.2) is 4.98 Å². The molecule has 1 aromatic rings. The number of likely N-dealkylation sites (tertiary alicyclic amines) is 1. The number of nitrogens with one attached hydrogen (secondary N) is 1. The molecule has 2 aliphatic rings. The highest BCUT2D eigenvalue weighted by molar-refractivity contribution is 6.45. The second kappa shape index (κ2) is 7.37. The summed E-state index contributed by atoms with van der Waals surface area (Å²) in [7, 11) is 0. The lowest BCUT2D eigenvalue weighted by Gasteiger charge is -2.22. The van der Waals surface area contributed by atoms with Crippen molar-refractivity contribution in [1.82, 2.24) is 9.88 Å². The van der Waals surface area contributed by atoms with Crippen molar-refractivity contribution in [3.8, 4) is 0 Å². The normalized spacial score (nSPS) is 24.2. The van der Waals surface area contributed by atoms with E-state index in [-0.39, 0.29) is 30.2 Å². The van der Waals surface area contributed by atoms with Crippen molar-refractivity contribution in [3.63, 3.8) is 0 Å². The SMILES string of the molecule is N=C(C(=O)N1CC(O)C(O)C1)c1ccc(N2CCCCCC2)nc1N. The number of nitrogens with two attached hydrogens (primary N) is 1. The van der Waals surface area contributed by atoms with E-state index in [1.807, 2.05) is 0 Å². The number of nitrogens with zero attached hydrogens (tertiary/aromatic N) is 3. The fourth-order valence-corrected chi connectivity index (χ4v) is 3.36. The molecular weight excluding hydrogens is 322 g/mol. The van der Waals surface area contributed by atoms with Gasteiger partial charge in [0.25, 0.3) is 5.91 Å². The minimum absolute atomic E-state index is 0.0155. The third kappa shape index (κ3) is 3.74. The van der Waals surface area contributed by atoms with Crippen LogP contribution >= 0.6 is 0 Å². The van der Waals surface area contributed by atoms with Crippen molar-refractivity contribution < 1.29 is 15.0 Å². The molecule has 5 N–H and O–H groups in total. The minimum Gasteiger partial charge on any atom is -0.388 e. The molecule has 2 atom stereocenters. The number of carbonyl (C=O) groups is 1. The Kier molecular flexibility index (Phi) is 5.19. The molecule has 2 aliphatic heterocycles. The summed E-state index contributed by atoms with van der Waals surface area (Å²) in [5.74, 6) is 0.363. The number of amides is 1. The molecule has 3 rings (SSSR count). The van der Waals surface area contributed by atoms with Crippen LogP contribution in [0.1, 0.15) is 31.2 Å². The number of rotatable bonds is 3. The highest BCUT2D eigenvalue weighted by Gasteiger charge is 2.34. The summed E-state index contributed by atoms with van der Waals surface area (Å²) in [5, 5.41) is 27.3. The van der Waals surface area contributed by atoms with Crippen LogP contribution in [-0.2, 0) is 4.79 Å². The number of aliphatic hydroxyl groups is 2. The van der Waals surface area contributed by atoms with Gasteiger partial charge >= 0.3 is 0 Å². The largest absolute Gasteiger partial charge is 0.388 e. The molecule has 0 spiro atoms. The zero-order valence-corrected chi connectivity index (χ0v) is 14.2. The van der Waals surface area contributed by atoms with Crippen molar-refractivity contribution in [2.24, 2.45) is 0 Å². The zero-order chi connectivity index (χ0) is 18.0. The fraction of sp³-hybridized carbons (Fsp3) is 0.588. The lowest BCUT2D eigenvalue weighted by molar-refractivity contribution is -0.123. The maximum atomic E-state index is 12.4. The predicted octanol–water partition coefficient (Wildman–Crippen LogP) is -0.0239. The monoisotopic (exact) mass is 347 g/mol. The first-order valence-corrected chi connectivity index (χ1v) is 8.73. The quantitative estimate of drug-likeness (QED) is 0.569. The standard InChI is InChI=1S/C17H25N5O3/c18-15(17(25)22-9-12(23)13(24)10-22)11-5-6-14(20-16(11)19)21-7-3-1-2-4-8-21/h5-6,12-13,18,23-24H,1-4,7-10H2,(H2,19,20). The molecule has 25 heavy (non-hydrogen) atoms. The second-order valence-corrected chi connectivity index (χ2v) is 6.72. The van der Waals surface area contributed by atoms with Gasteiger partial charge in [-0.1, -0.05) is 12.8 Å². The smallest absolute Gasteiger partial charge is 0.272 e. The van der Waals surface area contributed by atoms with Crippen LogP contribution in [-0.4, -0.2) is 70.1 Å². The van der Waals surface area contributed by atoms with Crippen LogP contribution in [0.25, 0.3) is 0 Å². The van der Waals surface area contributed by atoms with E-state index >= 15 is 0 Å². The van der Waals surface area contributed by atoms with Gasteiger partial charge < -0.3 is 25.7 Å². The van der Waals surface area contributed by atoms with Crippen LogP contribution in [0, 0.1) is 5.41 Å². The van der Waals surface area contributed by atoms with Gasteiger partial charge in [0.2, 0.25) is 0 Å². The molecule has 0 bridgehead atoms. The average Bonchev–Trinajstić information content (AvgIpc) is 2.81. The van der Waals surface area contributed by atoms with Crippen LogP contribution in [0.5, 0.6) is 0 Å². The summed E-state index contributed by atoms with van der Waals surface area (Å²) in [6, 6.07) is 3.46. The van der Waals surface area contributed by atoms with Crippen molar-refractivity contribution in [3.05, 3.63) is 17.7 Å². The predicted molar refractivity (Wildman–Crippen MR) is 94.8 cm³/mol. The van der Waals surface area contributed by atoms with Crippen LogP contribution in [0.2, 0.25) is 0 Å². The van der Waals surface area contributed by atoms with Gasteiger partial charge in [0.15, 0.2) is 0 Å². The van der Waals surface area contributed by atoms with Crippen molar-refractivity contribution >= 4 is 23.3 Å². The second-order valence-electron chi connectivity index (χ2n) is 6.72. The Bertz CT molecular complexity index is 648. The molecular formula is C17H25N5O3. The van der Waals surface area contributed by atoms with Gasteiger partial charge in [-0.05, 0) is 25.0 Å². The van der Waals surface area contributed by atoms with E-state index in [9.17, 15) is 15.0 Å². The number of β-amino-alcohol motifs (C(OH)–C–C–N with tert-alkyl or cyclic N) is 2. The lowest BCUT2D eigenvalue weighted by Crippen LogP contribution is -2.36. The Morgan fingerprint density at radius 3 is 2.28 bits per heavy atom. The van der Waals surface area contributed by atoms with Gasteiger partial charge in [0.05, 0.1) is 12.2 Å². The van der Waals surface area contributed by atoms with Gasteiger partial charge in [0, 0.05) is 31.7 Å². The number of anilines is 2. The molecule has 2 unspecified atom stereocenters. The number of hydrogen-bond acceptors (Lipinski definition) is 7. The summed E-state index contributed by atoms with van der Waals surface area (Å²) >= 11 is 0. The number of carbonyl (C=O) groups excluding carboxylic acids is 1. The number of aliphatic hydroxyl groups excluding tert-OH is 2. The third-order valence-corrected chi connectivity index (χ3v) is 4.87. The van der Waals surface area contributed by atoms with Crippen molar-refractivity contribution in [2.75, 3.05) is 36.8 Å². The molecule has 2 fully saturated rings. The molecule has 0 radical (unpaired) electrons. The molecule has 136 valence electrons. The van der Waals surface area contributed by atoms with Crippen LogP contribution in [0.4, 0.5) is 11.6 Å². The molecule has 1 aromatic heterocycles. The highest BCUT2D eigenvalue weighted by atomic mass is 16.3. The van der Waals surface area contributed by atoms with Crippen LogP contribution < -0.4 is 10.6 Å². The van der Waals surface area contributed by atoms with Crippen molar-refractivity contribution in [1.29, 1.82) is 5.41 Å². The minimum atomic E-state index is -0.974. The summed E-state index contributed by atoms with van der Waals surface area (Å²) in [5.41, 5.74) is 6.02. The Balaban J connectivity index is 1.74. The summed E-state index contributed by atoms with van der Waals surface area (Å²) in [4.78, 5) is 20.2. The first kappa shape index (κ1) is 17.6. The van der Waals surface area contributed by atoms with E-state index in [4.69, 9.17) is 11.1 Å². The maximum absolute atomic E-state index is 12.4. The van der Waals surface area contributed by atoms with Crippen LogP contribution in [0.15, 0.2) is 12.1 Å². The number of pyridine rings is 1. The molecule has 2 saturated heterocycles. The van der Waals surface area contributed by atoms with Gasteiger partial charge in [0.1, 0.15) is 17.3 Å². The lowest BCUT2D eigenvalue weighted by atomic mass is 10.1. The molecule has 8 nitrogen and oxygen atoms in total. The summed E-state index contributed by atoms with van der Waals surface area (Å²) in [6.07, 6.45) is 2.73. The number of hydrogen-bond donors (Lipinski definition) is 4. The van der Waals surface area contributed by atoms with Gasteiger partial charge in [-0.3, -0.25) is 10.2 Å². The highest BCUT2D eigenvalue weighted by Crippen LogP contribution is 2.22. The molecule has 0 aromatic carbocycles. The molecule has 1 amide bonds. The average molecular weight is 347 g/mol. The van der Waals surface area contributed by atoms with E-state index < -0.39 is 18.1 Å². The third-order valence-electron chi connectivity index (χ3n) is 4.87. The van der Waals surface area contributed by atoms with E-state index in [2.05, 4.69) is 9.88 Å². The summed E-state index contributed by atoms with van der Waals surface area (Å²) in [6.45, 7) is 1.90. The molecule has 3 heterocycles. The Morgan fingerprint density at radius 1 is 1.12 bits per heavy atom. The van der Waals surface area contributed by atoms with Crippen molar-refractivity contribution in [2.45, 2.75) is 37.9 Å². The van der Waals surface area contributed by atoms with Gasteiger partial charge in [-0.2, -0.15) is 0 Å². The van der Waals surface area contributed by atoms with E-state index in [0.29, 0.717) is 0 Å². The maximum Gasteiger partial charge on any atom is 0.272 e. The zero-order valence-electron chi connectivity index (χ0n) is 14.2. The number of aromatic nitrogens is 1. The molecule has 0 aliphatic carbocycles. The summed E-state index contributed by atoms with van der Waals surface area (Å²) < 4.78 is 0. The Morgan fingerprint density at radius 2 is 1.72 bits per heavy atom. The topological polar surface area (TPSA) is 127 Å². The Labute approximate surface area is 146 Å². The Hall–Kier alpha value is -2.19. The number of nitrogen functional groups attached to an aromatic ring is 1. The first-order chi connectivity index (χ1) is 12.0. The van der Waals surface area contributed by atoms with E-state index in [1.165, 1.54) is 17.7 Å². The first-order valence-electron chi connectivity index (χ1n) is 8.73. The fourth-order valence-electron chi connectivity index (χ4n) is 3.36.